The van der Waals surface area contributed by atoms with Gasteiger partial charge in [-0.2, -0.15) is 5.10 Å². The second-order valence-electron chi connectivity index (χ2n) is 7.00. The van der Waals surface area contributed by atoms with Gasteiger partial charge in [-0.25, -0.2) is 10.2 Å². The van der Waals surface area contributed by atoms with Gasteiger partial charge in [-0.3, -0.25) is 9.59 Å². The molecule has 0 aliphatic carbocycles. The van der Waals surface area contributed by atoms with Crippen LogP contribution in [0.5, 0.6) is 5.75 Å². The zero-order valence-corrected chi connectivity index (χ0v) is 18.8. The summed E-state index contributed by atoms with van der Waals surface area (Å²) in [6, 6.07) is 20.4. The molecule has 7 nitrogen and oxygen atoms in total. The van der Waals surface area contributed by atoms with E-state index in [0.717, 1.165) is 5.56 Å². The Morgan fingerprint density at radius 1 is 0.939 bits per heavy atom. The predicted octanol–water partition coefficient (Wildman–Crippen LogP) is 4.60. The van der Waals surface area contributed by atoms with Crippen LogP contribution in [-0.4, -0.2) is 23.5 Å². The topological polar surface area (TPSA) is 96.9 Å². The number of hydrogen-bond donors (Lipinski definition) is 2. The Balaban J connectivity index is 1.70. The lowest BCUT2D eigenvalue weighted by Gasteiger charge is -2.11. The van der Waals surface area contributed by atoms with Crippen molar-refractivity contribution in [3.63, 3.8) is 0 Å². The van der Waals surface area contributed by atoms with Crippen LogP contribution < -0.4 is 15.5 Å². The third-order valence-corrected chi connectivity index (χ3v) is 4.95. The van der Waals surface area contributed by atoms with Crippen molar-refractivity contribution in [2.45, 2.75) is 20.3 Å². The molecule has 0 atom stereocenters. The van der Waals surface area contributed by atoms with E-state index in [0.29, 0.717) is 34.0 Å². The van der Waals surface area contributed by atoms with E-state index in [1.165, 1.54) is 6.07 Å². The van der Waals surface area contributed by atoms with Crippen molar-refractivity contribution in [3.8, 4) is 5.75 Å². The molecule has 33 heavy (non-hydrogen) atoms. The van der Waals surface area contributed by atoms with Gasteiger partial charge in [-0.1, -0.05) is 54.9 Å². The number of halogens is 1. The van der Waals surface area contributed by atoms with Gasteiger partial charge in [0.05, 0.1) is 11.3 Å². The number of hydrogen-bond acceptors (Lipinski definition) is 5. The SMILES string of the molecule is CCc1ccccc1NC(=O)C(=O)NN=C(C)c1ccccc1OC(=O)c1cccc(Cl)c1. The van der Waals surface area contributed by atoms with Gasteiger partial charge in [0.25, 0.3) is 0 Å². The first-order chi connectivity index (χ1) is 15.9. The lowest BCUT2D eigenvalue weighted by Crippen LogP contribution is -2.33. The lowest BCUT2D eigenvalue weighted by molar-refractivity contribution is -0.136. The fourth-order valence-electron chi connectivity index (χ4n) is 3.00. The molecule has 3 aromatic carbocycles. The van der Waals surface area contributed by atoms with Gasteiger partial charge in [0.2, 0.25) is 0 Å². The Bertz CT molecular complexity index is 1220. The van der Waals surface area contributed by atoms with Gasteiger partial charge in [0.15, 0.2) is 0 Å². The molecule has 0 bridgehead atoms. The van der Waals surface area contributed by atoms with Crippen molar-refractivity contribution < 1.29 is 19.1 Å². The number of ether oxygens (including phenoxy) is 1. The number of nitrogens with zero attached hydrogens (tertiary/aromatic N) is 1. The van der Waals surface area contributed by atoms with Crippen LogP contribution in [0.15, 0.2) is 77.9 Å². The second kappa shape index (κ2) is 11.1. The maximum Gasteiger partial charge on any atom is 0.343 e. The third kappa shape index (κ3) is 6.27. The molecule has 0 unspecified atom stereocenters. The quantitative estimate of drug-likeness (QED) is 0.183. The Morgan fingerprint density at radius 3 is 2.42 bits per heavy atom. The van der Waals surface area contributed by atoms with Crippen LogP contribution in [0.1, 0.15) is 35.3 Å². The number of rotatable bonds is 6. The number of amides is 2. The van der Waals surface area contributed by atoms with Gasteiger partial charge >= 0.3 is 17.8 Å². The first kappa shape index (κ1) is 23.7. The molecule has 3 rings (SSSR count). The van der Waals surface area contributed by atoms with Gasteiger partial charge < -0.3 is 10.1 Å². The summed E-state index contributed by atoms with van der Waals surface area (Å²) in [5.41, 5.74) is 4.84. The van der Waals surface area contributed by atoms with E-state index in [-0.39, 0.29) is 5.75 Å². The number of esters is 1. The molecule has 0 fully saturated rings. The summed E-state index contributed by atoms with van der Waals surface area (Å²) in [6.07, 6.45) is 0.708. The molecule has 2 N–H and O–H groups in total. The number of nitrogens with one attached hydrogen (secondary N) is 2. The van der Waals surface area contributed by atoms with Crippen molar-refractivity contribution >= 4 is 40.8 Å². The molecule has 0 aromatic heterocycles. The monoisotopic (exact) mass is 463 g/mol. The fourth-order valence-corrected chi connectivity index (χ4v) is 3.19. The van der Waals surface area contributed by atoms with Crippen molar-refractivity contribution in [2.24, 2.45) is 5.10 Å². The zero-order valence-electron chi connectivity index (χ0n) is 18.1. The molecule has 3 aromatic rings. The highest BCUT2D eigenvalue weighted by Gasteiger charge is 2.16. The van der Waals surface area contributed by atoms with Crippen LogP contribution in [0.25, 0.3) is 0 Å². The van der Waals surface area contributed by atoms with E-state index >= 15 is 0 Å². The first-order valence-corrected chi connectivity index (χ1v) is 10.6. The van der Waals surface area contributed by atoms with Crippen molar-refractivity contribution in [1.29, 1.82) is 0 Å². The smallest absolute Gasteiger partial charge is 0.343 e. The number of para-hydroxylation sites is 2. The maximum absolute atomic E-state index is 12.5. The summed E-state index contributed by atoms with van der Waals surface area (Å²) in [4.78, 5) is 37.0. The minimum absolute atomic E-state index is 0.249. The fraction of sp³-hybridized carbons (Fsp3) is 0.120. The average Bonchev–Trinajstić information content (AvgIpc) is 2.83. The van der Waals surface area contributed by atoms with Crippen LogP contribution in [0, 0.1) is 0 Å². The van der Waals surface area contributed by atoms with Crippen molar-refractivity contribution in [1.82, 2.24) is 5.43 Å². The van der Waals surface area contributed by atoms with Gasteiger partial charge in [0, 0.05) is 16.3 Å². The zero-order chi connectivity index (χ0) is 23.8. The minimum atomic E-state index is -0.923. The summed E-state index contributed by atoms with van der Waals surface area (Å²) in [7, 11) is 0. The minimum Gasteiger partial charge on any atom is -0.422 e. The molecule has 0 saturated carbocycles. The van der Waals surface area contributed by atoms with E-state index < -0.39 is 17.8 Å². The largest absolute Gasteiger partial charge is 0.422 e. The average molecular weight is 464 g/mol. The highest BCUT2D eigenvalue weighted by atomic mass is 35.5. The molecular weight excluding hydrogens is 442 g/mol. The van der Waals surface area contributed by atoms with Crippen molar-refractivity contribution in [3.05, 3.63) is 94.5 Å². The Morgan fingerprint density at radius 2 is 1.67 bits per heavy atom. The highest BCUT2D eigenvalue weighted by molar-refractivity contribution is 6.39. The van der Waals surface area contributed by atoms with Crippen LogP contribution in [0.2, 0.25) is 5.02 Å². The van der Waals surface area contributed by atoms with Crippen LogP contribution in [0.3, 0.4) is 0 Å². The lowest BCUT2D eigenvalue weighted by atomic mass is 10.1. The molecule has 0 aliphatic rings. The van der Waals surface area contributed by atoms with Crippen molar-refractivity contribution in [2.75, 3.05) is 5.32 Å². The molecule has 0 saturated heterocycles. The summed E-state index contributed by atoms with van der Waals surface area (Å²) in [5, 5.41) is 7.00. The van der Waals surface area contributed by atoms with Gasteiger partial charge in [0.1, 0.15) is 5.75 Å². The second-order valence-corrected chi connectivity index (χ2v) is 7.44. The summed E-state index contributed by atoms with van der Waals surface area (Å²) >= 11 is 5.94. The molecular formula is C25H22ClN3O4. The highest BCUT2D eigenvalue weighted by Crippen LogP contribution is 2.21. The third-order valence-electron chi connectivity index (χ3n) is 4.72. The first-order valence-electron chi connectivity index (χ1n) is 10.2. The molecule has 0 aliphatic heterocycles. The van der Waals surface area contributed by atoms with Gasteiger partial charge in [-0.15, -0.1) is 0 Å². The van der Waals surface area contributed by atoms with Gasteiger partial charge in [-0.05, 0) is 55.3 Å². The molecule has 0 radical (unpaired) electrons. The predicted molar refractivity (Wildman–Crippen MR) is 128 cm³/mol. The molecule has 8 heteroatoms. The van der Waals surface area contributed by atoms with Crippen LogP contribution in [-0.2, 0) is 16.0 Å². The number of carbonyl (C=O) groups is 3. The summed E-state index contributed by atoms with van der Waals surface area (Å²) in [5.74, 6) is -2.10. The number of carbonyl (C=O) groups excluding carboxylic acids is 3. The standard InChI is InChI=1S/C25H22ClN3O4/c1-3-17-9-4-6-13-21(17)27-23(30)24(31)29-28-16(2)20-12-5-7-14-22(20)33-25(32)18-10-8-11-19(26)15-18/h4-15H,3H2,1-2H3,(H,27,30)(H,29,31). The number of aryl methyl sites for hydroxylation is 1. The number of benzene rings is 3. The molecule has 2 amide bonds. The van der Waals surface area contributed by atoms with Crippen LogP contribution >= 0.6 is 11.6 Å². The normalized spacial score (nSPS) is 10.9. The van der Waals surface area contributed by atoms with E-state index in [4.69, 9.17) is 16.3 Å². The molecule has 0 heterocycles. The Hall–Kier alpha value is -3.97. The summed E-state index contributed by atoms with van der Waals surface area (Å²) < 4.78 is 5.50. The Labute approximate surface area is 196 Å². The Kier molecular flexibility index (Phi) is 7.94. The summed E-state index contributed by atoms with van der Waals surface area (Å²) in [6.45, 7) is 3.58. The molecule has 168 valence electrons. The van der Waals surface area contributed by atoms with E-state index in [1.54, 1.807) is 61.5 Å². The molecule has 0 spiro atoms. The van der Waals surface area contributed by atoms with E-state index in [9.17, 15) is 14.4 Å². The van der Waals surface area contributed by atoms with Crippen LogP contribution in [0.4, 0.5) is 5.69 Å². The van der Waals surface area contributed by atoms with E-state index in [2.05, 4.69) is 15.8 Å². The van der Waals surface area contributed by atoms with E-state index in [1.807, 2.05) is 19.1 Å². The maximum atomic E-state index is 12.5. The number of anilines is 1. The number of hydrazone groups is 1.